The molecule has 0 aromatic heterocycles. The fourth-order valence-corrected chi connectivity index (χ4v) is 8.48. The summed E-state index contributed by atoms with van der Waals surface area (Å²) in [6.07, 6.45) is 0. The largest absolute Gasteiger partial charge is 0.545 e. The van der Waals surface area contributed by atoms with Gasteiger partial charge < -0.3 is 30.3 Å². The molecule has 24 heavy (non-hydrogen) atoms. The summed E-state index contributed by atoms with van der Waals surface area (Å²) in [5.74, 6) is -1.35. The Balaban J connectivity index is 2.20. The third kappa shape index (κ3) is 2.67. The average molecular weight is 408 g/mol. The summed E-state index contributed by atoms with van der Waals surface area (Å²) in [6.45, 7) is 0.625. The first kappa shape index (κ1) is 18.7. The highest BCUT2D eigenvalue weighted by molar-refractivity contribution is 8.22. The number of carboxylic acids is 1. The van der Waals surface area contributed by atoms with Gasteiger partial charge in [0.15, 0.2) is 0 Å². The molecule has 0 aliphatic carbocycles. The van der Waals surface area contributed by atoms with Crippen LogP contribution in [0.4, 0.5) is 0 Å². The molecular weight excluding hydrogens is 392 g/mol. The maximum atomic E-state index is 11.8. The van der Waals surface area contributed by atoms with Crippen molar-refractivity contribution in [3.05, 3.63) is 11.1 Å². The topological polar surface area (TPSA) is 121 Å². The van der Waals surface area contributed by atoms with Crippen molar-refractivity contribution in [3.63, 3.8) is 0 Å². The Kier molecular flexibility index (Phi) is 5.13. The van der Waals surface area contributed by atoms with Crippen molar-refractivity contribution in [2.24, 2.45) is 0 Å². The lowest BCUT2D eigenvalue weighted by molar-refractivity contribution is -0.255. The Morgan fingerprint density at radius 2 is 1.17 bits per heavy atom. The van der Waals surface area contributed by atoms with E-state index in [1.54, 1.807) is 0 Å². The van der Waals surface area contributed by atoms with Gasteiger partial charge in [-0.05, 0) is 12.5 Å². The first-order valence-electron chi connectivity index (χ1n) is 6.97. The molecule has 0 saturated carbocycles. The van der Waals surface area contributed by atoms with Crippen molar-refractivity contribution in [1.29, 1.82) is 0 Å². The fourth-order valence-electron chi connectivity index (χ4n) is 2.54. The van der Waals surface area contributed by atoms with E-state index in [-0.39, 0.29) is 32.0 Å². The summed E-state index contributed by atoms with van der Waals surface area (Å²) in [7, 11) is 0. The Hall–Kier alpha value is -0.0700. The van der Waals surface area contributed by atoms with Crippen LogP contribution in [0, 0.1) is 6.92 Å². The molecule has 0 radical (unpaired) electrons. The van der Waals surface area contributed by atoms with Crippen molar-refractivity contribution < 1.29 is 30.3 Å². The number of carbonyl (C=O) groups excluding carboxylic acids is 1. The molecule has 2 heterocycles. The molecule has 0 bridgehead atoms. The predicted molar refractivity (Wildman–Crippen MR) is 92.7 cm³/mol. The number of aliphatic hydroxyl groups excluding tert-OH is 4. The second-order valence-corrected chi connectivity index (χ2v) is 11.6. The van der Waals surface area contributed by atoms with E-state index in [1.807, 2.05) is 6.92 Å². The minimum atomic E-state index is -1.35. The van der Waals surface area contributed by atoms with Crippen LogP contribution < -0.4 is 5.11 Å². The Morgan fingerprint density at radius 3 is 1.46 bits per heavy atom. The normalized spacial score (nSPS) is 20.0. The molecular formula is C14H15O6S4-. The second kappa shape index (κ2) is 6.58. The van der Waals surface area contributed by atoms with Crippen molar-refractivity contribution >= 4 is 53.0 Å². The van der Waals surface area contributed by atoms with Crippen LogP contribution in [-0.4, -0.2) is 61.0 Å². The standard InChI is InChI=1S/C14H16O6S4/c1-6-8-10(23-13(2-15,3-16)21-8)7(12(19)20)11-9(6)22-14(4-17,5-18)24-11/h15-18H,2-5H2,1H3,(H,19,20)/p-1. The maximum Gasteiger partial charge on any atom is 0.116 e. The fraction of sp³-hybridized carbons (Fsp3) is 0.500. The van der Waals surface area contributed by atoms with E-state index in [0.717, 1.165) is 29.1 Å². The first-order valence-corrected chi connectivity index (χ1v) is 10.2. The number of rotatable bonds is 5. The highest BCUT2D eigenvalue weighted by atomic mass is 32.2. The van der Waals surface area contributed by atoms with Crippen LogP contribution in [0.25, 0.3) is 0 Å². The van der Waals surface area contributed by atoms with Gasteiger partial charge in [-0.3, -0.25) is 0 Å². The molecule has 3 rings (SSSR count). The van der Waals surface area contributed by atoms with E-state index < -0.39 is 14.1 Å². The van der Waals surface area contributed by atoms with E-state index in [1.165, 1.54) is 23.5 Å². The first-order chi connectivity index (χ1) is 11.4. The van der Waals surface area contributed by atoms with Crippen LogP contribution in [0.3, 0.4) is 0 Å². The van der Waals surface area contributed by atoms with Crippen molar-refractivity contribution in [2.75, 3.05) is 26.4 Å². The van der Waals surface area contributed by atoms with Crippen LogP contribution in [0.2, 0.25) is 0 Å². The molecule has 10 heteroatoms. The number of aromatic carboxylic acids is 1. The molecule has 0 spiro atoms. The van der Waals surface area contributed by atoms with E-state index >= 15 is 0 Å². The van der Waals surface area contributed by atoms with Crippen LogP contribution in [0.15, 0.2) is 19.6 Å². The summed E-state index contributed by atoms with van der Waals surface area (Å²) in [5.41, 5.74) is 0.834. The van der Waals surface area contributed by atoms with Gasteiger partial charge in [0.25, 0.3) is 0 Å². The van der Waals surface area contributed by atoms with Crippen molar-refractivity contribution in [3.8, 4) is 0 Å². The Bertz CT molecular complexity index is 650. The number of carboxylic acid groups (broad SMARTS) is 1. The molecule has 2 aliphatic heterocycles. The van der Waals surface area contributed by atoms with Crippen molar-refractivity contribution in [1.82, 2.24) is 0 Å². The number of benzene rings is 1. The van der Waals surface area contributed by atoms with E-state index in [4.69, 9.17) is 0 Å². The number of fused-ring (bicyclic) bond motifs is 2. The molecule has 2 aliphatic rings. The van der Waals surface area contributed by atoms with Crippen molar-refractivity contribution in [2.45, 2.75) is 34.7 Å². The van der Waals surface area contributed by atoms with Gasteiger partial charge in [0.2, 0.25) is 0 Å². The third-order valence-corrected chi connectivity index (χ3v) is 10.3. The zero-order chi connectivity index (χ0) is 17.7. The van der Waals surface area contributed by atoms with Crippen LogP contribution in [-0.2, 0) is 0 Å². The zero-order valence-electron chi connectivity index (χ0n) is 12.6. The predicted octanol–water partition coefficient (Wildman–Crippen LogP) is 0.116. The van der Waals surface area contributed by atoms with Gasteiger partial charge in [-0.25, -0.2) is 0 Å². The summed E-state index contributed by atoms with van der Waals surface area (Å²) < 4.78 is -1.85. The van der Waals surface area contributed by atoms with Gasteiger partial charge >= 0.3 is 0 Å². The smallest absolute Gasteiger partial charge is 0.116 e. The highest BCUT2D eigenvalue weighted by Gasteiger charge is 2.47. The van der Waals surface area contributed by atoms with Crippen LogP contribution in [0.5, 0.6) is 0 Å². The Morgan fingerprint density at radius 1 is 0.833 bits per heavy atom. The van der Waals surface area contributed by atoms with Gasteiger partial charge in [-0.2, -0.15) is 0 Å². The van der Waals surface area contributed by atoms with E-state index in [0.29, 0.717) is 19.6 Å². The van der Waals surface area contributed by atoms with Gasteiger partial charge in [-0.1, -0.05) is 0 Å². The molecule has 0 saturated heterocycles. The minimum absolute atomic E-state index is 0.00755. The summed E-state index contributed by atoms with van der Waals surface area (Å²) >= 11 is 4.75. The molecule has 1 aromatic carbocycles. The molecule has 0 amide bonds. The molecule has 0 unspecified atom stereocenters. The highest BCUT2D eigenvalue weighted by Crippen LogP contribution is 2.65. The number of thioether (sulfide) groups is 4. The maximum absolute atomic E-state index is 11.8. The number of hydrogen-bond acceptors (Lipinski definition) is 10. The molecule has 0 fully saturated rings. The van der Waals surface area contributed by atoms with Crippen LogP contribution in [0.1, 0.15) is 15.9 Å². The lowest BCUT2D eigenvalue weighted by Gasteiger charge is -2.22. The van der Waals surface area contributed by atoms with Crippen LogP contribution >= 0.6 is 47.0 Å². The minimum Gasteiger partial charge on any atom is -0.545 e. The molecule has 0 atom stereocenters. The molecule has 4 N–H and O–H groups in total. The molecule has 6 nitrogen and oxygen atoms in total. The molecule has 1 aromatic rings. The number of carbonyl (C=O) groups is 1. The third-order valence-electron chi connectivity index (χ3n) is 3.87. The monoisotopic (exact) mass is 407 g/mol. The summed E-state index contributed by atoms with van der Waals surface area (Å²) in [5, 5.41) is 50.3. The summed E-state index contributed by atoms with van der Waals surface area (Å²) in [6, 6.07) is 0. The number of hydrogen-bond donors (Lipinski definition) is 4. The van der Waals surface area contributed by atoms with E-state index in [2.05, 4.69) is 0 Å². The number of aliphatic hydroxyl groups is 4. The SMILES string of the molecule is Cc1c2c(c(C(=O)[O-])c3c1SC(CO)(CO)S3)SC(CO)(CO)S2. The molecule has 132 valence electrons. The second-order valence-electron chi connectivity index (χ2n) is 5.47. The zero-order valence-corrected chi connectivity index (χ0v) is 15.8. The lowest BCUT2D eigenvalue weighted by Crippen LogP contribution is -2.28. The average Bonchev–Trinajstić information content (AvgIpc) is 3.15. The van der Waals surface area contributed by atoms with Gasteiger partial charge in [0, 0.05) is 25.1 Å². The quantitative estimate of drug-likeness (QED) is 0.535. The Labute approximate surface area is 155 Å². The van der Waals surface area contributed by atoms with Gasteiger partial charge in [-0.15, -0.1) is 47.0 Å². The lowest BCUT2D eigenvalue weighted by atomic mass is 10.1. The summed E-state index contributed by atoms with van der Waals surface area (Å²) in [4.78, 5) is 14.1. The van der Waals surface area contributed by atoms with Gasteiger partial charge in [0.05, 0.1) is 32.4 Å². The van der Waals surface area contributed by atoms with Gasteiger partial charge in [0.1, 0.15) is 8.16 Å². The van der Waals surface area contributed by atoms with E-state index in [9.17, 15) is 30.3 Å².